The van der Waals surface area contributed by atoms with Crippen LogP contribution < -0.4 is 25.0 Å². The third kappa shape index (κ3) is 5.52. The van der Waals surface area contributed by atoms with Crippen molar-refractivity contribution in [2.45, 2.75) is 19.4 Å². The average Bonchev–Trinajstić information content (AvgIpc) is 3.20. The summed E-state index contributed by atoms with van der Waals surface area (Å²) in [4.78, 5) is 11.0. The number of pyridine rings is 1. The largest absolute Gasteiger partial charge is 0.495 e. The predicted molar refractivity (Wildman–Crippen MR) is 112 cm³/mol. The summed E-state index contributed by atoms with van der Waals surface area (Å²) in [5.74, 6) is 2.50. The second kappa shape index (κ2) is 10.4. The number of nitrogens with zero attached hydrogens (tertiary/aromatic N) is 3. The molecular formula is C21H29N5O2. The van der Waals surface area contributed by atoms with E-state index in [0.29, 0.717) is 19.2 Å². The van der Waals surface area contributed by atoms with E-state index in [0.717, 1.165) is 49.2 Å². The summed E-state index contributed by atoms with van der Waals surface area (Å²) >= 11 is 0. The van der Waals surface area contributed by atoms with Crippen LogP contribution in [0.1, 0.15) is 13.3 Å². The predicted octanol–water partition coefficient (Wildman–Crippen LogP) is 2.30. The number of ether oxygens (including phenoxy) is 2. The zero-order chi connectivity index (χ0) is 19.6. The van der Waals surface area contributed by atoms with Gasteiger partial charge in [0.05, 0.1) is 25.5 Å². The van der Waals surface area contributed by atoms with E-state index in [1.54, 1.807) is 19.5 Å². The van der Waals surface area contributed by atoms with Gasteiger partial charge < -0.3 is 25.0 Å². The third-order valence-electron chi connectivity index (χ3n) is 4.56. The van der Waals surface area contributed by atoms with Gasteiger partial charge >= 0.3 is 0 Å². The van der Waals surface area contributed by atoms with Crippen LogP contribution in [-0.4, -0.2) is 56.9 Å². The molecule has 1 saturated heterocycles. The van der Waals surface area contributed by atoms with Gasteiger partial charge in [-0.1, -0.05) is 12.1 Å². The van der Waals surface area contributed by atoms with Crippen LogP contribution in [0.4, 0.5) is 5.69 Å². The van der Waals surface area contributed by atoms with Gasteiger partial charge in [-0.25, -0.2) is 4.99 Å². The minimum absolute atomic E-state index is 0.335. The van der Waals surface area contributed by atoms with Crippen LogP contribution >= 0.6 is 0 Å². The molecule has 150 valence electrons. The quantitative estimate of drug-likeness (QED) is 0.414. The maximum absolute atomic E-state index is 5.66. The summed E-state index contributed by atoms with van der Waals surface area (Å²) in [5.41, 5.74) is 1.14. The number of methoxy groups -OCH3 is 1. The Labute approximate surface area is 166 Å². The summed E-state index contributed by atoms with van der Waals surface area (Å²) in [5, 5.41) is 6.85. The molecule has 0 radical (unpaired) electrons. The van der Waals surface area contributed by atoms with Crippen molar-refractivity contribution < 1.29 is 9.47 Å². The number of benzene rings is 1. The van der Waals surface area contributed by atoms with E-state index in [2.05, 4.69) is 38.5 Å². The maximum Gasteiger partial charge on any atom is 0.191 e. The first kappa shape index (κ1) is 19.8. The first-order chi connectivity index (χ1) is 13.8. The van der Waals surface area contributed by atoms with Gasteiger partial charge in [0.1, 0.15) is 18.1 Å². The van der Waals surface area contributed by atoms with Crippen molar-refractivity contribution in [3.8, 4) is 11.5 Å². The molecule has 0 bridgehead atoms. The van der Waals surface area contributed by atoms with Crippen LogP contribution in [0.3, 0.4) is 0 Å². The van der Waals surface area contributed by atoms with E-state index in [-0.39, 0.29) is 0 Å². The van der Waals surface area contributed by atoms with E-state index in [1.165, 1.54) is 0 Å². The molecule has 28 heavy (non-hydrogen) atoms. The van der Waals surface area contributed by atoms with E-state index < -0.39 is 0 Å². The molecule has 2 aromatic rings. The number of hydrogen-bond donors (Lipinski definition) is 2. The van der Waals surface area contributed by atoms with E-state index in [1.807, 2.05) is 30.3 Å². The number of para-hydroxylation sites is 2. The molecule has 2 heterocycles. The van der Waals surface area contributed by atoms with Gasteiger partial charge in [0.15, 0.2) is 5.96 Å². The fraction of sp³-hybridized carbons (Fsp3) is 0.429. The highest BCUT2D eigenvalue weighted by Crippen LogP contribution is 2.30. The van der Waals surface area contributed by atoms with Crippen molar-refractivity contribution in [2.24, 2.45) is 4.99 Å². The molecule has 1 aromatic carbocycles. The monoisotopic (exact) mass is 383 g/mol. The Balaban J connectivity index is 1.51. The fourth-order valence-corrected chi connectivity index (χ4v) is 3.25. The molecule has 3 rings (SSSR count). The SMILES string of the molecule is CCNC(=NCCOc1cccnc1)NC1CCN(c2ccccc2OC)C1. The van der Waals surface area contributed by atoms with Crippen LogP contribution in [0.5, 0.6) is 11.5 Å². The second-order valence-corrected chi connectivity index (χ2v) is 6.55. The molecule has 2 N–H and O–H groups in total. The fourth-order valence-electron chi connectivity index (χ4n) is 3.25. The van der Waals surface area contributed by atoms with Gasteiger partial charge in [-0.15, -0.1) is 0 Å². The molecule has 1 aromatic heterocycles. The Morgan fingerprint density at radius 1 is 1.29 bits per heavy atom. The Morgan fingerprint density at radius 3 is 2.96 bits per heavy atom. The van der Waals surface area contributed by atoms with Crippen molar-refractivity contribution in [1.82, 2.24) is 15.6 Å². The van der Waals surface area contributed by atoms with Crippen molar-refractivity contribution in [3.05, 3.63) is 48.8 Å². The van der Waals surface area contributed by atoms with Gasteiger partial charge in [0.2, 0.25) is 0 Å². The van der Waals surface area contributed by atoms with Gasteiger partial charge in [0.25, 0.3) is 0 Å². The summed E-state index contributed by atoms with van der Waals surface area (Å²) in [6.07, 6.45) is 4.49. The molecule has 0 aliphatic carbocycles. The number of hydrogen-bond acceptors (Lipinski definition) is 5. The summed E-state index contributed by atoms with van der Waals surface area (Å²) in [6.45, 7) is 5.88. The van der Waals surface area contributed by atoms with Crippen molar-refractivity contribution in [3.63, 3.8) is 0 Å². The maximum atomic E-state index is 5.66. The van der Waals surface area contributed by atoms with Crippen LogP contribution in [0.25, 0.3) is 0 Å². The molecule has 1 aliphatic heterocycles. The standard InChI is InChI=1S/C21H29N5O2/c1-3-23-21(24-12-14-28-18-7-6-11-22-15-18)25-17-10-13-26(16-17)19-8-4-5-9-20(19)27-2/h4-9,11,15,17H,3,10,12-14,16H2,1-2H3,(H2,23,24,25). The van der Waals surface area contributed by atoms with Gasteiger partial charge in [-0.2, -0.15) is 0 Å². The highest BCUT2D eigenvalue weighted by Gasteiger charge is 2.25. The first-order valence-electron chi connectivity index (χ1n) is 9.75. The van der Waals surface area contributed by atoms with Gasteiger partial charge in [-0.3, -0.25) is 4.98 Å². The molecule has 0 amide bonds. The number of aromatic nitrogens is 1. The van der Waals surface area contributed by atoms with Crippen LogP contribution in [0.15, 0.2) is 53.8 Å². The first-order valence-corrected chi connectivity index (χ1v) is 9.75. The molecule has 1 aliphatic rings. The average molecular weight is 383 g/mol. The summed E-state index contributed by atoms with van der Waals surface area (Å²) < 4.78 is 11.2. The third-order valence-corrected chi connectivity index (χ3v) is 4.56. The normalized spacial score (nSPS) is 16.7. The lowest BCUT2D eigenvalue weighted by molar-refractivity contribution is 0.327. The van der Waals surface area contributed by atoms with E-state index in [9.17, 15) is 0 Å². The molecule has 1 atom stereocenters. The lowest BCUT2D eigenvalue weighted by Gasteiger charge is -2.22. The molecular weight excluding hydrogens is 354 g/mol. The molecule has 7 nitrogen and oxygen atoms in total. The zero-order valence-corrected chi connectivity index (χ0v) is 16.6. The number of rotatable bonds is 8. The van der Waals surface area contributed by atoms with Crippen molar-refractivity contribution in [2.75, 3.05) is 44.8 Å². The Kier molecular flexibility index (Phi) is 7.35. The Bertz CT molecular complexity index is 753. The number of anilines is 1. The van der Waals surface area contributed by atoms with Crippen LogP contribution in [0.2, 0.25) is 0 Å². The lowest BCUT2D eigenvalue weighted by Crippen LogP contribution is -2.44. The summed E-state index contributed by atoms with van der Waals surface area (Å²) in [6, 6.07) is 12.2. The molecule has 0 spiro atoms. The minimum atomic E-state index is 0.335. The second-order valence-electron chi connectivity index (χ2n) is 6.55. The van der Waals surface area contributed by atoms with E-state index >= 15 is 0 Å². The number of guanidine groups is 1. The highest BCUT2D eigenvalue weighted by atomic mass is 16.5. The Hall–Kier alpha value is -2.96. The van der Waals surface area contributed by atoms with E-state index in [4.69, 9.17) is 9.47 Å². The molecule has 0 saturated carbocycles. The summed E-state index contributed by atoms with van der Waals surface area (Å²) in [7, 11) is 1.72. The number of nitrogens with one attached hydrogen (secondary N) is 2. The van der Waals surface area contributed by atoms with Crippen LogP contribution in [0, 0.1) is 0 Å². The van der Waals surface area contributed by atoms with Gasteiger partial charge in [-0.05, 0) is 37.6 Å². The molecule has 7 heteroatoms. The van der Waals surface area contributed by atoms with Crippen LogP contribution in [-0.2, 0) is 0 Å². The molecule has 1 fully saturated rings. The Morgan fingerprint density at radius 2 is 2.18 bits per heavy atom. The molecule has 1 unspecified atom stereocenters. The zero-order valence-electron chi connectivity index (χ0n) is 16.6. The van der Waals surface area contributed by atoms with Crippen molar-refractivity contribution >= 4 is 11.6 Å². The smallest absolute Gasteiger partial charge is 0.191 e. The number of aliphatic imine (C=N–C) groups is 1. The van der Waals surface area contributed by atoms with Gasteiger partial charge in [0, 0.05) is 31.9 Å². The minimum Gasteiger partial charge on any atom is -0.495 e. The topological polar surface area (TPSA) is 71.0 Å². The van der Waals surface area contributed by atoms with Crippen molar-refractivity contribution in [1.29, 1.82) is 0 Å². The highest BCUT2D eigenvalue weighted by molar-refractivity contribution is 5.80. The lowest BCUT2D eigenvalue weighted by atomic mass is 10.2.